The first kappa shape index (κ1) is 18.8. The Morgan fingerprint density at radius 1 is 1.17 bits per heavy atom. The van der Waals surface area contributed by atoms with Crippen molar-refractivity contribution < 1.29 is 14.3 Å². The maximum absolute atomic E-state index is 13.0. The van der Waals surface area contributed by atoms with Crippen molar-refractivity contribution in [3.8, 4) is 5.75 Å². The highest BCUT2D eigenvalue weighted by atomic mass is 16.5. The van der Waals surface area contributed by atoms with Crippen molar-refractivity contribution in [3.05, 3.63) is 64.7 Å². The largest absolute Gasteiger partial charge is 0.488 e. The molecule has 1 N–H and O–H groups in total. The summed E-state index contributed by atoms with van der Waals surface area (Å²) >= 11 is 0. The molecular weight excluding hydrogens is 362 g/mol. The SMILES string of the molecule is COC1C[C@@H]2[C@@H]3Cc4ccc(C)c(OCc5ccccc5)c4C2(CCN3)CC1=O. The molecule has 0 radical (unpaired) electrons. The lowest BCUT2D eigenvalue weighted by Gasteiger charge is -2.56. The van der Waals surface area contributed by atoms with E-state index in [9.17, 15) is 4.79 Å². The van der Waals surface area contributed by atoms with E-state index in [0.717, 1.165) is 42.7 Å². The highest BCUT2D eigenvalue weighted by Gasteiger charge is 2.57. The molecule has 5 rings (SSSR count). The summed E-state index contributed by atoms with van der Waals surface area (Å²) in [4.78, 5) is 13.0. The Labute approximate surface area is 172 Å². The van der Waals surface area contributed by atoms with Crippen molar-refractivity contribution in [2.45, 2.75) is 56.8 Å². The minimum Gasteiger partial charge on any atom is -0.488 e. The fourth-order valence-corrected chi connectivity index (χ4v) is 6.03. The third-order valence-corrected chi connectivity index (χ3v) is 7.38. The maximum atomic E-state index is 13.0. The molecule has 2 aromatic rings. The number of benzene rings is 2. The molecular formula is C25H29NO3. The second kappa shape index (κ2) is 7.26. The van der Waals surface area contributed by atoms with Crippen LogP contribution in [-0.2, 0) is 28.0 Å². The zero-order chi connectivity index (χ0) is 20.0. The average Bonchev–Trinajstić information content (AvgIpc) is 2.73. The van der Waals surface area contributed by atoms with Crippen molar-refractivity contribution in [1.29, 1.82) is 0 Å². The smallest absolute Gasteiger partial charge is 0.162 e. The summed E-state index contributed by atoms with van der Waals surface area (Å²) in [5.74, 6) is 1.65. The molecule has 152 valence electrons. The average molecular weight is 392 g/mol. The van der Waals surface area contributed by atoms with Crippen LogP contribution >= 0.6 is 0 Å². The van der Waals surface area contributed by atoms with E-state index in [1.54, 1.807) is 7.11 Å². The van der Waals surface area contributed by atoms with Gasteiger partial charge in [-0.05, 0) is 55.3 Å². The summed E-state index contributed by atoms with van der Waals surface area (Å²) in [5, 5.41) is 3.73. The van der Waals surface area contributed by atoms with Gasteiger partial charge in [-0.1, -0.05) is 42.5 Å². The Bertz CT molecular complexity index is 925. The number of rotatable bonds is 4. The molecule has 1 saturated heterocycles. The summed E-state index contributed by atoms with van der Waals surface area (Å²) in [5.41, 5.74) is 4.84. The number of ketones is 1. The summed E-state index contributed by atoms with van der Waals surface area (Å²) in [6.45, 7) is 3.63. The number of nitrogens with one attached hydrogen (secondary N) is 1. The summed E-state index contributed by atoms with van der Waals surface area (Å²) in [6, 6.07) is 15.1. The summed E-state index contributed by atoms with van der Waals surface area (Å²) < 4.78 is 12.0. The first-order valence-electron chi connectivity index (χ1n) is 10.7. The van der Waals surface area contributed by atoms with Crippen molar-refractivity contribution in [1.82, 2.24) is 5.32 Å². The predicted octanol–water partition coefficient (Wildman–Crippen LogP) is 3.72. The molecule has 29 heavy (non-hydrogen) atoms. The van der Waals surface area contributed by atoms with Gasteiger partial charge in [0.2, 0.25) is 0 Å². The molecule has 2 bridgehead atoms. The van der Waals surface area contributed by atoms with Gasteiger partial charge in [0, 0.05) is 30.6 Å². The van der Waals surface area contributed by atoms with E-state index in [1.807, 2.05) is 18.2 Å². The van der Waals surface area contributed by atoms with E-state index >= 15 is 0 Å². The molecule has 2 aliphatic carbocycles. The van der Waals surface area contributed by atoms with Crippen molar-refractivity contribution in [3.63, 3.8) is 0 Å². The first-order valence-corrected chi connectivity index (χ1v) is 10.7. The van der Waals surface area contributed by atoms with Gasteiger partial charge in [0.15, 0.2) is 5.78 Å². The number of Topliss-reactive ketones (excluding diaryl/α,β-unsaturated/α-hetero) is 1. The number of methoxy groups -OCH3 is 1. The minimum absolute atomic E-state index is 0.131. The van der Waals surface area contributed by atoms with Gasteiger partial charge in [0.1, 0.15) is 18.5 Å². The standard InChI is InChI=1S/C25H29NO3/c1-16-8-9-18-12-20-19-13-22(28-2)21(27)14-25(19,10-11-26-20)23(18)24(16)29-15-17-6-4-3-5-7-17/h3-9,19-20,22,26H,10-15H2,1-2H3/t19-,20+,22?,25?/m1/s1. The molecule has 0 amide bonds. The lowest BCUT2D eigenvalue weighted by Crippen LogP contribution is -2.63. The zero-order valence-corrected chi connectivity index (χ0v) is 17.2. The minimum atomic E-state index is -0.268. The van der Waals surface area contributed by atoms with Gasteiger partial charge in [-0.15, -0.1) is 0 Å². The van der Waals surface area contributed by atoms with Crippen LogP contribution in [0, 0.1) is 12.8 Å². The second-order valence-corrected chi connectivity index (χ2v) is 8.90. The van der Waals surface area contributed by atoms with Crippen LogP contribution in [0.4, 0.5) is 0 Å². The van der Waals surface area contributed by atoms with Gasteiger partial charge >= 0.3 is 0 Å². The molecule has 0 aromatic heterocycles. The number of hydrogen-bond donors (Lipinski definition) is 1. The third kappa shape index (κ3) is 3.01. The molecule has 2 fully saturated rings. The van der Waals surface area contributed by atoms with Gasteiger partial charge in [-0.3, -0.25) is 4.79 Å². The Hall–Kier alpha value is -2.17. The Morgan fingerprint density at radius 2 is 2.00 bits per heavy atom. The topological polar surface area (TPSA) is 47.6 Å². The fourth-order valence-electron chi connectivity index (χ4n) is 6.03. The summed E-state index contributed by atoms with van der Waals surface area (Å²) in [7, 11) is 1.67. The number of hydrogen-bond acceptors (Lipinski definition) is 4. The molecule has 1 heterocycles. The number of ether oxygens (including phenoxy) is 2. The third-order valence-electron chi connectivity index (χ3n) is 7.38. The maximum Gasteiger partial charge on any atom is 0.162 e. The van der Waals surface area contributed by atoms with E-state index in [1.165, 1.54) is 11.1 Å². The normalized spacial score (nSPS) is 30.4. The van der Waals surface area contributed by atoms with Crippen LogP contribution in [0.25, 0.3) is 0 Å². The van der Waals surface area contributed by atoms with Gasteiger partial charge < -0.3 is 14.8 Å². The second-order valence-electron chi connectivity index (χ2n) is 8.90. The van der Waals surface area contributed by atoms with Gasteiger partial charge in [-0.25, -0.2) is 0 Å². The monoisotopic (exact) mass is 391 g/mol. The Balaban J connectivity index is 1.59. The Kier molecular flexibility index (Phi) is 4.72. The van der Waals surface area contributed by atoms with E-state index in [-0.39, 0.29) is 17.3 Å². The highest BCUT2D eigenvalue weighted by Crippen LogP contribution is 2.56. The molecule has 3 aliphatic rings. The van der Waals surface area contributed by atoms with Crippen molar-refractivity contribution >= 4 is 5.78 Å². The van der Waals surface area contributed by atoms with Gasteiger partial charge in [0.05, 0.1) is 0 Å². The van der Waals surface area contributed by atoms with Crippen LogP contribution in [0.15, 0.2) is 42.5 Å². The highest BCUT2D eigenvalue weighted by molar-refractivity contribution is 5.86. The molecule has 2 unspecified atom stereocenters. The summed E-state index contributed by atoms with van der Waals surface area (Å²) in [6.07, 6.45) is 3.07. The van der Waals surface area contributed by atoms with Crippen molar-refractivity contribution in [2.24, 2.45) is 5.92 Å². The molecule has 0 spiro atoms. The number of piperidine rings is 1. The quantitative estimate of drug-likeness (QED) is 0.863. The molecule has 4 nitrogen and oxygen atoms in total. The molecule has 1 saturated carbocycles. The fraction of sp³-hybridized carbons (Fsp3) is 0.480. The number of carbonyl (C=O) groups is 1. The van der Waals surface area contributed by atoms with Crippen molar-refractivity contribution in [2.75, 3.05) is 13.7 Å². The van der Waals surface area contributed by atoms with E-state index in [0.29, 0.717) is 25.0 Å². The van der Waals surface area contributed by atoms with Crippen LogP contribution in [0.1, 0.15) is 41.5 Å². The van der Waals surface area contributed by atoms with Gasteiger partial charge in [0.25, 0.3) is 0 Å². The van der Waals surface area contributed by atoms with E-state index < -0.39 is 0 Å². The van der Waals surface area contributed by atoms with Gasteiger partial charge in [-0.2, -0.15) is 0 Å². The van der Waals surface area contributed by atoms with Crippen LogP contribution in [-0.4, -0.2) is 31.6 Å². The molecule has 1 aliphatic heterocycles. The van der Waals surface area contributed by atoms with E-state index in [2.05, 4.69) is 36.5 Å². The predicted molar refractivity (Wildman–Crippen MR) is 112 cm³/mol. The lowest BCUT2D eigenvalue weighted by molar-refractivity contribution is -0.139. The first-order chi connectivity index (χ1) is 14.1. The van der Waals surface area contributed by atoms with Crippen LogP contribution in [0.5, 0.6) is 5.75 Å². The molecule has 4 heteroatoms. The van der Waals surface area contributed by atoms with Crippen LogP contribution in [0.3, 0.4) is 0 Å². The van der Waals surface area contributed by atoms with E-state index in [4.69, 9.17) is 9.47 Å². The number of fused-ring (bicyclic) bond motifs is 1. The number of carbonyl (C=O) groups excluding carboxylic acids is 1. The van der Waals surface area contributed by atoms with Crippen LogP contribution < -0.4 is 10.1 Å². The zero-order valence-electron chi connectivity index (χ0n) is 17.2. The van der Waals surface area contributed by atoms with Crippen LogP contribution in [0.2, 0.25) is 0 Å². The lowest BCUT2D eigenvalue weighted by atomic mass is 9.51. The molecule has 2 aromatic carbocycles. The Morgan fingerprint density at radius 3 is 2.79 bits per heavy atom. The number of aryl methyl sites for hydroxylation is 1. The molecule has 4 atom stereocenters.